The summed E-state index contributed by atoms with van der Waals surface area (Å²) in [5.74, 6) is 0. The first-order valence-electron chi connectivity index (χ1n) is 6.29. The van der Waals surface area contributed by atoms with Gasteiger partial charge in [0.05, 0.1) is 16.6 Å². The summed E-state index contributed by atoms with van der Waals surface area (Å²) in [4.78, 5) is 14.5. The summed E-state index contributed by atoms with van der Waals surface area (Å²) in [5.41, 5.74) is -0.938. The molecule has 0 unspecified atom stereocenters. The molecule has 1 N–H and O–H groups in total. The van der Waals surface area contributed by atoms with E-state index in [-0.39, 0.29) is 17.1 Å². The molecule has 0 bridgehead atoms. The summed E-state index contributed by atoms with van der Waals surface area (Å²) in [6.45, 7) is 0. The van der Waals surface area contributed by atoms with Crippen LogP contribution < -0.4 is 5.69 Å². The predicted octanol–water partition coefficient (Wildman–Crippen LogP) is 3.46. The van der Waals surface area contributed by atoms with Crippen molar-refractivity contribution in [2.45, 2.75) is 37.9 Å². The zero-order valence-electron chi connectivity index (χ0n) is 10.1. The Labute approximate surface area is 107 Å². The first-order chi connectivity index (χ1) is 8.98. The van der Waals surface area contributed by atoms with Crippen LogP contribution in [-0.4, -0.2) is 9.55 Å². The van der Waals surface area contributed by atoms with Gasteiger partial charge in [0.2, 0.25) is 0 Å². The fourth-order valence-electron chi connectivity index (χ4n) is 2.92. The highest BCUT2D eigenvalue weighted by atomic mass is 19.4. The maximum atomic E-state index is 13.1. The van der Waals surface area contributed by atoms with E-state index in [1.165, 1.54) is 16.7 Å². The lowest BCUT2D eigenvalue weighted by Gasteiger charge is -2.15. The normalized spacial score (nSPS) is 17.4. The number of para-hydroxylation sites is 1. The molecule has 3 nitrogen and oxygen atoms in total. The van der Waals surface area contributed by atoms with Gasteiger partial charge in [-0.15, -0.1) is 0 Å². The predicted molar refractivity (Wildman–Crippen MR) is 65.1 cm³/mol. The van der Waals surface area contributed by atoms with E-state index in [4.69, 9.17) is 0 Å². The van der Waals surface area contributed by atoms with Gasteiger partial charge in [0, 0.05) is 6.04 Å². The van der Waals surface area contributed by atoms with E-state index < -0.39 is 17.4 Å². The van der Waals surface area contributed by atoms with Crippen molar-refractivity contribution < 1.29 is 13.2 Å². The van der Waals surface area contributed by atoms with Gasteiger partial charge in [0.15, 0.2) is 0 Å². The lowest BCUT2D eigenvalue weighted by molar-refractivity contribution is -0.136. The zero-order chi connectivity index (χ0) is 13.6. The van der Waals surface area contributed by atoms with Crippen molar-refractivity contribution in [2.75, 3.05) is 0 Å². The Balaban J connectivity index is 2.31. The molecule has 1 saturated carbocycles. The number of halogens is 3. The van der Waals surface area contributed by atoms with Crippen LogP contribution in [0.2, 0.25) is 0 Å². The number of hydrogen-bond acceptors (Lipinski definition) is 1. The van der Waals surface area contributed by atoms with E-state index in [1.54, 1.807) is 0 Å². The second kappa shape index (κ2) is 4.15. The molecule has 1 heterocycles. The second-order valence-electron chi connectivity index (χ2n) is 4.94. The van der Waals surface area contributed by atoms with Crippen LogP contribution >= 0.6 is 0 Å². The van der Waals surface area contributed by atoms with Crippen LogP contribution in [0.3, 0.4) is 0 Å². The van der Waals surface area contributed by atoms with Gasteiger partial charge < -0.3 is 4.98 Å². The van der Waals surface area contributed by atoms with E-state index >= 15 is 0 Å². The molecule has 0 saturated heterocycles. The summed E-state index contributed by atoms with van der Waals surface area (Å²) in [5, 5.41) is 0. The average Bonchev–Trinajstić information content (AvgIpc) is 2.92. The molecule has 3 rings (SSSR count). The minimum Gasteiger partial charge on any atom is -0.306 e. The molecular formula is C13H13F3N2O. The van der Waals surface area contributed by atoms with Crippen LogP contribution in [0.1, 0.15) is 37.3 Å². The van der Waals surface area contributed by atoms with Gasteiger partial charge >= 0.3 is 11.9 Å². The smallest absolute Gasteiger partial charge is 0.306 e. The number of hydrogen-bond donors (Lipinski definition) is 1. The Morgan fingerprint density at radius 3 is 2.53 bits per heavy atom. The summed E-state index contributed by atoms with van der Waals surface area (Å²) >= 11 is 0. The van der Waals surface area contributed by atoms with Gasteiger partial charge in [0.25, 0.3) is 0 Å². The molecule has 0 atom stereocenters. The largest absolute Gasteiger partial charge is 0.418 e. The first-order valence-corrected chi connectivity index (χ1v) is 6.29. The van der Waals surface area contributed by atoms with Crippen LogP contribution in [0.5, 0.6) is 0 Å². The molecular weight excluding hydrogens is 257 g/mol. The Morgan fingerprint density at radius 2 is 1.89 bits per heavy atom. The fraction of sp³-hybridized carbons (Fsp3) is 0.462. The maximum absolute atomic E-state index is 13.1. The van der Waals surface area contributed by atoms with Gasteiger partial charge in [-0.25, -0.2) is 4.79 Å². The summed E-state index contributed by atoms with van der Waals surface area (Å²) in [7, 11) is 0. The van der Waals surface area contributed by atoms with Crippen molar-refractivity contribution in [3.8, 4) is 0 Å². The highest BCUT2D eigenvalue weighted by Gasteiger charge is 2.35. The molecule has 1 aliphatic carbocycles. The number of fused-ring (bicyclic) bond motifs is 1. The monoisotopic (exact) mass is 270 g/mol. The van der Waals surface area contributed by atoms with Gasteiger partial charge in [-0.3, -0.25) is 4.57 Å². The molecule has 102 valence electrons. The van der Waals surface area contributed by atoms with Crippen molar-refractivity contribution in [3.05, 3.63) is 34.2 Å². The first kappa shape index (κ1) is 12.3. The van der Waals surface area contributed by atoms with Gasteiger partial charge in [-0.05, 0) is 25.0 Å². The third kappa shape index (κ3) is 1.95. The average molecular weight is 270 g/mol. The van der Waals surface area contributed by atoms with Crippen molar-refractivity contribution in [1.29, 1.82) is 0 Å². The Hall–Kier alpha value is -1.72. The molecule has 19 heavy (non-hydrogen) atoms. The summed E-state index contributed by atoms with van der Waals surface area (Å²) in [6, 6.07) is 3.74. The number of H-pyrrole nitrogens is 1. The van der Waals surface area contributed by atoms with E-state index in [0.29, 0.717) is 0 Å². The Kier molecular flexibility index (Phi) is 2.69. The molecule has 0 radical (unpaired) electrons. The standard InChI is InChI=1S/C13H13F3N2O/c14-13(15,16)9-6-3-7-10-11(9)18(12(19)17-10)8-4-1-2-5-8/h3,6-8H,1-2,4-5H2,(H,17,19). The Morgan fingerprint density at radius 1 is 1.21 bits per heavy atom. The van der Waals surface area contributed by atoms with Gasteiger partial charge in [-0.1, -0.05) is 18.9 Å². The van der Waals surface area contributed by atoms with Crippen molar-refractivity contribution in [2.24, 2.45) is 0 Å². The number of nitrogens with one attached hydrogen (secondary N) is 1. The highest BCUT2D eigenvalue weighted by Crippen LogP contribution is 2.37. The van der Waals surface area contributed by atoms with Gasteiger partial charge in [-0.2, -0.15) is 13.2 Å². The minimum atomic E-state index is -4.45. The zero-order valence-corrected chi connectivity index (χ0v) is 10.1. The molecule has 0 amide bonds. The maximum Gasteiger partial charge on any atom is 0.418 e. The number of alkyl halides is 3. The Bertz CT molecular complexity index is 663. The molecule has 0 aliphatic heterocycles. The van der Waals surface area contributed by atoms with Gasteiger partial charge in [0.1, 0.15) is 0 Å². The van der Waals surface area contributed by atoms with E-state index in [1.807, 2.05) is 0 Å². The number of imidazole rings is 1. The molecule has 2 aromatic rings. The van der Waals surface area contributed by atoms with Crippen molar-refractivity contribution >= 4 is 11.0 Å². The van der Waals surface area contributed by atoms with Crippen LogP contribution in [-0.2, 0) is 6.18 Å². The van der Waals surface area contributed by atoms with Crippen LogP contribution in [0.4, 0.5) is 13.2 Å². The molecule has 1 aromatic heterocycles. The highest BCUT2D eigenvalue weighted by molar-refractivity contribution is 5.79. The summed E-state index contributed by atoms with van der Waals surface area (Å²) in [6.07, 6.45) is -1.01. The third-order valence-electron chi connectivity index (χ3n) is 3.73. The molecule has 1 aromatic carbocycles. The lowest BCUT2D eigenvalue weighted by Crippen LogP contribution is -2.21. The van der Waals surface area contributed by atoms with E-state index in [0.717, 1.165) is 31.7 Å². The molecule has 1 aliphatic rings. The quantitative estimate of drug-likeness (QED) is 0.846. The molecule has 1 fully saturated rings. The number of benzene rings is 1. The lowest BCUT2D eigenvalue weighted by atomic mass is 10.1. The number of nitrogens with zero attached hydrogens (tertiary/aromatic N) is 1. The molecule has 6 heteroatoms. The fourth-order valence-corrected chi connectivity index (χ4v) is 2.92. The minimum absolute atomic E-state index is 0.00750. The SMILES string of the molecule is O=c1[nH]c2cccc(C(F)(F)F)c2n1C1CCCC1. The van der Waals surface area contributed by atoms with Crippen molar-refractivity contribution in [3.63, 3.8) is 0 Å². The van der Waals surface area contributed by atoms with Crippen molar-refractivity contribution in [1.82, 2.24) is 9.55 Å². The van der Waals surface area contributed by atoms with Crippen LogP contribution in [0, 0.1) is 0 Å². The van der Waals surface area contributed by atoms with Crippen LogP contribution in [0.25, 0.3) is 11.0 Å². The number of aromatic amines is 1. The second-order valence-corrected chi connectivity index (χ2v) is 4.94. The molecule has 0 spiro atoms. The van der Waals surface area contributed by atoms with E-state index in [9.17, 15) is 18.0 Å². The van der Waals surface area contributed by atoms with Crippen LogP contribution in [0.15, 0.2) is 23.0 Å². The third-order valence-corrected chi connectivity index (χ3v) is 3.73. The summed E-state index contributed by atoms with van der Waals surface area (Å²) < 4.78 is 40.5. The number of rotatable bonds is 1. The van der Waals surface area contributed by atoms with E-state index in [2.05, 4.69) is 4.98 Å². The number of aromatic nitrogens is 2. The topological polar surface area (TPSA) is 37.8 Å².